The van der Waals surface area contributed by atoms with Gasteiger partial charge in [-0.25, -0.2) is 0 Å². The van der Waals surface area contributed by atoms with Gasteiger partial charge in [0.25, 0.3) is 0 Å². The maximum atomic E-state index is 5.78. The van der Waals surface area contributed by atoms with Gasteiger partial charge >= 0.3 is 0 Å². The second-order valence-electron chi connectivity index (χ2n) is 5.91. The summed E-state index contributed by atoms with van der Waals surface area (Å²) in [6.45, 7) is 11.2. The molecule has 0 bridgehead atoms. The Kier molecular flexibility index (Phi) is 6.53. The van der Waals surface area contributed by atoms with Crippen LogP contribution in [0.5, 0.6) is 0 Å². The van der Waals surface area contributed by atoms with Gasteiger partial charge < -0.3 is 14.8 Å². The molecule has 0 heterocycles. The summed E-state index contributed by atoms with van der Waals surface area (Å²) in [7, 11) is 3.75. The van der Waals surface area contributed by atoms with Gasteiger partial charge in [0.15, 0.2) is 0 Å². The lowest BCUT2D eigenvalue weighted by Crippen LogP contribution is -2.36. The Morgan fingerprint density at radius 2 is 1.69 bits per heavy atom. The molecule has 16 heavy (non-hydrogen) atoms. The van der Waals surface area contributed by atoms with Crippen LogP contribution < -0.4 is 5.32 Å². The lowest BCUT2D eigenvalue weighted by molar-refractivity contribution is -0.0227. The summed E-state index contributed by atoms with van der Waals surface area (Å²) in [5, 5.41) is 3.29. The van der Waals surface area contributed by atoms with Crippen molar-refractivity contribution in [3.63, 3.8) is 0 Å². The molecular formula is C13H29NO2. The van der Waals surface area contributed by atoms with Crippen LogP contribution in [0.4, 0.5) is 0 Å². The first-order valence-electron chi connectivity index (χ1n) is 6.06. The van der Waals surface area contributed by atoms with Gasteiger partial charge in [-0.2, -0.15) is 0 Å². The Balaban J connectivity index is 3.93. The summed E-state index contributed by atoms with van der Waals surface area (Å²) in [5.74, 6) is 0. The van der Waals surface area contributed by atoms with E-state index in [2.05, 4.69) is 39.9 Å². The SMILES string of the molecule is CNC(CCC(C)(C)OC)COC(C)(C)C. The average Bonchev–Trinajstić information content (AvgIpc) is 2.16. The minimum Gasteiger partial charge on any atom is -0.379 e. The number of hydrogen-bond acceptors (Lipinski definition) is 3. The molecule has 0 amide bonds. The molecule has 0 aliphatic carbocycles. The highest BCUT2D eigenvalue weighted by Crippen LogP contribution is 2.17. The molecule has 0 aromatic rings. The van der Waals surface area contributed by atoms with E-state index < -0.39 is 0 Å². The molecule has 0 saturated heterocycles. The smallest absolute Gasteiger partial charge is 0.0626 e. The number of methoxy groups -OCH3 is 1. The fraction of sp³-hybridized carbons (Fsp3) is 1.00. The number of rotatable bonds is 7. The topological polar surface area (TPSA) is 30.5 Å². The lowest BCUT2D eigenvalue weighted by Gasteiger charge is -2.28. The number of ether oxygens (including phenoxy) is 2. The van der Waals surface area contributed by atoms with Crippen LogP contribution in [0, 0.1) is 0 Å². The van der Waals surface area contributed by atoms with Crippen molar-refractivity contribution in [3.8, 4) is 0 Å². The Hall–Kier alpha value is -0.120. The number of hydrogen-bond donors (Lipinski definition) is 1. The van der Waals surface area contributed by atoms with Crippen LogP contribution in [-0.2, 0) is 9.47 Å². The van der Waals surface area contributed by atoms with E-state index in [1.165, 1.54) is 0 Å². The van der Waals surface area contributed by atoms with Crippen LogP contribution in [0.15, 0.2) is 0 Å². The minimum atomic E-state index is -0.0636. The van der Waals surface area contributed by atoms with E-state index in [1.807, 2.05) is 7.05 Å². The van der Waals surface area contributed by atoms with Gasteiger partial charge in [-0.15, -0.1) is 0 Å². The molecular weight excluding hydrogens is 202 g/mol. The van der Waals surface area contributed by atoms with Crippen LogP contribution in [0.1, 0.15) is 47.5 Å². The molecule has 1 unspecified atom stereocenters. The van der Waals surface area contributed by atoms with Gasteiger partial charge in [-0.05, 0) is 54.5 Å². The normalized spacial score (nSPS) is 15.2. The Morgan fingerprint density at radius 3 is 2.06 bits per heavy atom. The largest absolute Gasteiger partial charge is 0.379 e. The fourth-order valence-corrected chi connectivity index (χ4v) is 1.29. The van der Waals surface area contributed by atoms with Gasteiger partial charge in [-0.3, -0.25) is 0 Å². The molecule has 0 fully saturated rings. The van der Waals surface area contributed by atoms with Crippen molar-refractivity contribution in [1.29, 1.82) is 0 Å². The Labute approximate surface area is 101 Å². The Morgan fingerprint density at radius 1 is 1.12 bits per heavy atom. The van der Waals surface area contributed by atoms with E-state index in [4.69, 9.17) is 9.47 Å². The van der Waals surface area contributed by atoms with Crippen LogP contribution in [0.2, 0.25) is 0 Å². The van der Waals surface area contributed by atoms with Gasteiger partial charge in [0.2, 0.25) is 0 Å². The quantitative estimate of drug-likeness (QED) is 0.730. The molecule has 98 valence electrons. The van der Waals surface area contributed by atoms with Crippen LogP contribution >= 0.6 is 0 Å². The number of nitrogens with one attached hydrogen (secondary N) is 1. The molecule has 0 rings (SSSR count). The van der Waals surface area contributed by atoms with E-state index in [0.29, 0.717) is 6.04 Å². The molecule has 0 aromatic carbocycles. The first kappa shape index (κ1) is 15.9. The molecule has 0 aromatic heterocycles. The standard InChI is InChI=1S/C13H29NO2/c1-12(2,3)16-10-11(14-6)8-9-13(4,5)15-7/h11,14H,8-10H2,1-7H3. The van der Waals surface area contributed by atoms with Gasteiger partial charge in [-0.1, -0.05) is 0 Å². The summed E-state index contributed by atoms with van der Waals surface area (Å²) in [6, 6.07) is 0.397. The summed E-state index contributed by atoms with van der Waals surface area (Å²) >= 11 is 0. The third kappa shape index (κ3) is 8.08. The predicted octanol–water partition coefficient (Wildman–Crippen LogP) is 2.59. The minimum absolute atomic E-state index is 0.0448. The maximum absolute atomic E-state index is 5.78. The van der Waals surface area contributed by atoms with Crippen molar-refractivity contribution >= 4 is 0 Å². The van der Waals surface area contributed by atoms with Gasteiger partial charge in [0, 0.05) is 13.2 Å². The first-order chi connectivity index (χ1) is 7.20. The summed E-state index contributed by atoms with van der Waals surface area (Å²) in [6.07, 6.45) is 2.09. The van der Waals surface area contributed by atoms with E-state index in [9.17, 15) is 0 Å². The van der Waals surface area contributed by atoms with E-state index >= 15 is 0 Å². The van der Waals surface area contributed by atoms with Gasteiger partial charge in [0.1, 0.15) is 0 Å². The highest BCUT2D eigenvalue weighted by Gasteiger charge is 2.20. The number of likely N-dealkylation sites (N-methyl/N-ethyl adjacent to an activating group) is 1. The van der Waals surface area contributed by atoms with E-state index in [0.717, 1.165) is 19.4 Å². The molecule has 0 spiro atoms. The lowest BCUT2D eigenvalue weighted by atomic mass is 9.99. The molecule has 3 heteroatoms. The molecule has 0 saturated carbocycles. The zero-order chi connectivity index (χ0) is 12.8. The maximum Gasteiger partial charge on any atom is 0.0626 e. The van der Waals surface area contributed by atoms with Crippen molar-refractivity contribution in [2.24, 2.45) is 0 Å². The molecule has 1 atom stereocenters. The molecule has 1 N–H and O–H groups in total. The third-order valence-electron chi connectivity index (χ3n) is 2.77. The molecule has 0 aliphatic rings. The van der Waals surface area contributed by atoms with Crippen molar-refractivity contribution in [3.05, 3.63) is 0 Å². The van der Waals surface area contributed by atoms with Crippen LogP contribution in [0.3, 0.4) is 0 Å². The highest BCUT2D eigenvalue weighted by molar-refractivity contribution is 4.74. The van der Waals surface area contributed by atoms with Gasteiger partial charge in [0.05, 0.1) is 17.8 Å². The Bertz CT molecular complexity index is 185. The molecule has 0 aliphatic heterocycles. The monoisotopic (exact) mass is 231 g/mol. The first-order valence-corrected chi connectivity index (χ1v) is 6.06. The van der Waals surface area contributed by atoms with Crippen molar-refractivity contribution in [2.75, 3.05) is 20.8 Å². The predicted molar refractivity (Wildman–Crippen MR) is 68.9 cm³/mol. The molecule has 0 radical (unpaired) electrons. The molecule has 3 nitrogen and oxygen atoms in total. The van der Waals surface area contributed by atoms with Crippen LogP contribution in [-0.4, -0.2) is 38.0 Å². The third-order valence-corrected chi connectivity index (χ3v) is 2.77. The summed E-state index contributed by atoms with van der Waals surface area (Å²) < 4.78 is 11.2. The zero-order valence-corrected chi connectivity index (χ0v) is 12.0. The summed E-state index contributed by atoms with van der Waals surface area (Å²) in [5.41, 5.74) is -0.108. The fourth-order valence-electron chi connectivity index (χ4n) is 1.29. The highest BCUT2D eigenvalue weighted by atomic mass is 16.5. The second kappa shape index (κ2) is 6.58. The second-order valence-corrected chi connectivity index (χ2v) is 5.91. The van der Waals surface area contributed by atoms with Crippen LogP contribution in [0.25, 0.3) is 0 Å². The summed E-state index contributed by atoms with van der Waals surface area (Å²) in [4.78, 5) is 0. The average molecular weight is 231 g/mol. The van der Waals surface area contributed by atoms with E-state index in [-0.39, 0.29) is 11.2 Å². The van der Waals surface area contributed by atoms with Crippen molar-refractivity contribution < 1.29 is 9.47 Å². The van der Waals surface area contributed by atoms with Crippen molar-refractivity contribution in [2.45, 2.75) is 64.7 Å². The van der Waals surface area contributed by atoms with Crippen molar-refractivity contribution in [1.82, 2.24) is 5.32 Å². The zero-order valence-electron chi connectivity index (χ0n) is 12.0. The van der Waals surface area contributed by atoms with E-state index in [1.54, 1.807) is 7.11 Å².